The van der Waals surface area contributed by atoms with E-state index in [1.807, 2.05) is 48.5 Å². The summed E-state index contributed by atoms with van der Waals surface area (Å²) in [5, 5.41) is 0. The molecular weight excluding hydrogens is 260 g/mol. The fourth-order valence-electron chi connectivity index (χ4n) is 2.38. The second-order valence-electron chi connectivity index (χ2n) is 4.82. The van der Waals surface area contributed by atoms with Crippen molar-refractivity contribution in [2.24, 2.45) is 0 Å². The zero-order chi connectivity index (χ0) is 14.7. The van der Waals surface area contributed by atoms with Crippen molar-refractivity contribution in [1.82, 2.24) is 9.97 Å². The summed E-state index contributed by atoms with van der Waals surface area (Å²) in [4.78, 5) is 8.49. The van der Waals surface area contributed by atoms with E-state index in [-0.39, 0.29) is 5.95 Å². The topological polar surface area (TPSA) is 77.8 Å². The molecule has 0 spiro atoms. The number of hydrogen-bond donors (Lipinski definition) is 2. The van der Waals surface area contributed by atoms with Crippen molar-refractivity contribution >= 4 is 11.8 Å². The van der Waals surface area contributed by atoms with Crippen molar-refractivity contribution in [3.8, 4) is 11.1 Å². The fourth-order valence-corrected chi connectivity index (χ4v) is 2.38. The number of rotatable bonds is 3. The van der Waals surface area contributed by atoms with Crippen molar-refractivity contribution in [1.29, 1.82) is 0 Å². The zero-order valence-corrected chi connectivity index (χ0v) is 11.5. The standard InChI is InChI=1S/C17H16N4/c18-16-15(13-9-5-2-6-10-13)14(20-17(19)21-16)11-12-7-3-1-4-8-12/h1-10H,11H2,(H4,18,19,20,21). The fraction of sp³-hybridized carbons (Fsp3) is 0.0588. The summed E-state index contributed by atoms with van der Waals surface area (Å²) in [5.74, 6) is 0.623. The van der Waals surface area contributed by atoms with Gasteiger partial charge in [-0.3, -0.25) is 0 Å². The Morgan fingerprint density at radius 2 is 1.38 bits per heavy atom. The van der Waals surface area contributed by atoms with E-state index >= 15 is 0 Å². The van der Waals surface area contributed by atoms with Crippen molar-refractivity contribution in [2.75, 3.05) is 11.5 Å². The molecule has 0 saturated carbocycles. The molecule has 21 heavy (non-hydrogen) atoms. The summed E-state index contributed by atoms with van der Waals surface area (Å²) in [6, 6.07) is 20.0. The predicted octanol–water partition coefficient (Wildman–Crippen LogP) is 2.90. The third kappa shape index (κ3) is 2.84. The van der Waals surface area contributed by atoms with E-state index in [9.17, 15) is 0 Å². The van der Waals surface area contributed by atoms with Gasteiger partial charge in [0.25, 0.3) is 0 Å². The lowest BCUT2D eigenvalue weighted by Crippen LogP contribution is -2.07. The van der Waals surface area contributed by atoms with Gasteiger partial charge in [0.2, 0.25) is 5.95 Å². The van der Waals surface area contributed by atoms with Crippen molar-refractivity contribution < 1.29 is 0 Å². The zero-order valence-electron chi connectivity index (χ0n) is 11.5. The maximum atomic E-state index is 6.08. The van der Waals surface area contributed by atoms with Crippen molar-refractivity contribution in [3.63, 3.8) is 0 Å². The second-order valence-corrected chi connectivity index (χ2v) is 4.82. The first-order valence-corrected chi connectivity index (χ1v) is 6.75. The van der Waals surface area contributed by atoms with Gasteiger partial charge in [-0.05, 0) is 11.1 Å². The molecule has 0 aliphatic rings. The van der Waals surface area contributed by atoms with Crippen LogP contribution in [-0.2, 0) is 6.42 Å². The third-order valence-electron chi connectivity index (χ3n) is 3.31. The molecule has 0 aliphatic heterocycles. The lowest BCUT2D eigenvalue weighted by Gasteiger charge is -2.12. The Morgan fingerprint density at radius 3 is 2.05 bits per heavy atom. The highest BCUT2D eigenvalue weighted by Gasteiger charge is 2.13. The molecule has 0 bridgehead atoms. The Hall–Kier alpha value is -2.88. The van der Waals surface area contributed by atoms with Crippen molar-refractivity contribution in [2.45, 2.75) is 6.42 Å². The molecule has 104 valence electrons. The summed E-state index contributed by atoms with van der Waals surface area (Å²) >= 11 is 0. The molecule has 3 rings (SSSR count). The van der Waals surface area contributed by atoms with Gasteiger partial charge in [0, 0.05) is 12.0 Å². The Morgan fingerprint density at radius 1 is 0.762 bits per heavy atom. The van der Waals surface area contributed by atoms with Crippen LogP contribution in [0.2, 0.25) is 0 Å². The van der Waals surface area contributed by atoms with E-state index in [0.29, 0.717) is 12.2 Å². The number of nitrogens with zero attached hydrogens (tertiary/aromatic N) is 2. The van der Waals surface area contributed by atoms with E-state index < -0.39 is 0 Å². The summed E-state index contributed by atoms with van der Waals surface area (Å²) in [7, 11) is 0. The number of aromatic nitrogens is 2. The van der Waals surface area contributed by atoms with E-state index in [0.717, 1.165) is 22.4 Å². The Kier molecular flexibility index (Phi) is 3.51. The molecule has 1 aromatic heterocycles. The SMILES string of the molecule is Nc1nc(N)c(-c2ccccc2)c(Cc2ccccc2)n1. The molecule has 4 nitrogen and oxygen atoms in total. The quantitative estimate of drug-likeness (QED) is 0.771. The maximum Gasteiger partial charge on any atom is 0.222 e. The minimum atomic E-state index is 0.207. The number of nitrogen functional groups attached to an aromatic ring is 2. The van der Waals surface area contributed by atoms with Crippen LogP contribution >= 0.6 is 0 Å². The molecule has 0 aliphatic carbocycles. The smallest absolute Gasteiger partial charge is 0.222 e. The molecule has 0 fully saturated rings. The van der Waals surface area contributed by atoms with Crippen LogP contribution in [0.3, 0.4) is 0 Å². The molecule has 2 aromatic carbocycles. The number of nitrogens with two attached hydrogens (primary N) is 2. The normalized spacial score (nSPS) is 10.5. The molecule has 1 heterocycles. The predicted molar refractivity (Wildman–Crippen MR) is 85.5 cm³/mol. The van der Waals surface area contributed by atoms with Crippen LogP contribution in [0, 0.1) is 0 Å². The van der Waals surface area contributed by atoms with Crippen LogP contribution in [0.25, 0.3) is 11.1 Å². The second kappa shape index (κ2) is 5.63. The van der Waals surface area contributed by atoms with E-state index in [2.05, 4.69) is 22.1 Å². The number of anilines is 2. The molecule has 3 aromatic rings. The van der Waals surface area contributed by atoms with Gasteiger partial charge in [0.1, 0.15) is 5.82 Å². The van der Waals surface area contributed by atoms with Gasteiger partial charge in [0.15, 0.2) is 0 Å². The highest BCUT2D eigenvalue weighted by Crippen LogP contribution is 2.29. The van der Waals surface area contributed by atoms with E-state index in [4.69, 9.17) is 11.5 Å². The first-order valence-electron chi connectivity index (χ1n) is 6.75. The van der Waals surface area contributed by atoms with Crippen LogP contribution in [0.15, 0.2) is 60.7 Å². The average Bonchev–Trinajstić information content (AvgIpc) is 2.48. The molecule has 0 unspecified atom stereocenters. The molecule has 0 amide bonds. The molecular formula is C17H16N4. The summed E-state index contributed by atoms with van der Waals surface area (Å²) < 4.78 is 0. The van der Waals surface area contributed by atoms with Gasteiger partial charge < -0.3 is 11.5 Å². The Bertz CT molecular complexity index is 739. The molecule has 0 saturated heterocycles. The van der Waals surface area contributed by atoms with Crippen molar-refractivity contribution in [3.05, 3.63) is 71.9 Å². The molecule has 4 heteroatoms. The summed E-state index contributed by atoms with van der Waals surface area (Å²) in [6.07, 6.45) is 0.669. The largest absolute Gasteiger partial charge is 0.383 e. The highest BCUT2D eigenvalue weighted by atomic mass is 15.0. The Labute approximate surface area is 123 Å². The average molecular weight is 276 g/mol. The van der Waals surface area contributed by atoms with Crippen LogP contribution in [0.4, 0.5) is 11.8 Å². The van der Waals surface area contributed by atoms with Crippen LogP contribution in [0.1, 0.15) is 11.3 Å². The Balaban J connectivity index is 2.11. The summed E-state index contributed by atoms with van der Waals surface area (Å²) in [5.41, 5.74) is 15.7. The van der Waals surface area contributed by atoms with Gasteiger partial charge in [-0.2, -0.15) is 4.98 Å². The van der Waals surface area contributed by atoms with Gasteiger partial charge in [-0.25, -0.2) is 4.98 Å². The minimum Gasteiger partial charge on any atom is -0.383 e. The van der Waals surface area contributed by atoms with E-state index in [1.165, 1.54) is 0 Å². The van der Waals surface area contributed by atoms with Gasteiger partial charge in [0.05, 0.1) is 5.69 Å². The van der Waals surface area contributed by atoms with Gasteiger partial charge >= 0.3 is 0 Å². The van der Waals surface area contributed by atoms with Crippen LogP contribution < -0.4 is 11.5 Å². The van der Waals surface area contributed by atoms with Crippen LogP contribution in [0.5, 0.6) is 0 Å². The monoisotopic (exact) mass is 276 g/mol. The minimum absolute atomic E-state index is 0.207. The molecule has 4 N–H and O–H groups in total. The summed E-state index contributed by atoms with van der Waals surface area (Å²) in [6.45, 7) is 0. The first kappa shape index (κ1) is 13.1. The maximum absolute atomic E-state index is 6.08. The lowest BCUT2D eigenvalue weighted by molar-refractivity contribution is 1.05. The third-order valence-corrected chi connectivity index (χ3v) is 3.31. The lowest BCUT2D eigenvalue weighted by atomic mass is 10.00. The van der Waals surface area contributed by atoms with E-state index in [1.54, 1.807) is 0 Å². The number of benzene rings is 2. The van der Waals surface area contributed by atoms with Gasteiger partial charge in [-0.15, -0.1) is 0 Å². The number of hydrogen-bond acceptors (Lipinski definition) is 4. The first-order chi connectivity index (χ1) is 10.2. The molecule has 0 radical (unpaired) electrons. The highest BCUT2D eigenvalue weighted by molar-refractivity contribution is 5.77. The van der Waals surface area contributed by atoms with Crippen LogP contribution in [-0.4, -0.2) is 9.97 Å². The van der Waals surface area contributed by atoms with Gasteiger partial charge in [-0.1, -0.05) is 60.7 Å². The molecule has 0 atom stereocenters.